The van der Waals surface area contributed by atoms with Crippen molar-refractivity contribution in [1.29, 1.82) is 0 Å². The fourth-order valence-electron chi connectivity index (χ4n) is 7.11. The Bertz CT molecular complexity index is 725. The van der Waals surface area contributed by atoms with Crippen LogP contribution in [0.15, 0.2) is 46.6 Å². The Balaban J connectivity index is 1.93. The zero-order valence-electron chi connectivity index (χ0n) is 23.7. The lowest BCUT2D eigenvalue weighted by atomic mass is 9.48. The third-order valence-electron chi connectivity index (χ3n) is 9.51. The van der Waals surface area contributed by atoms with Crippen LogP contribution in [-0.4, -0.2) is 0 Å². The molecule has 0 aliphatic heterocycles. The summed E-state index contributed by atoms with van der Waals surface area (Å²) in [7, 11) is 0. The summed E-state index contributed by atoms with van der Waals surface area (Å²) in [6.07, 6.45) is 26.9. The maximum atomic E-state index is 2.64. The van der Waals surface area contributed by atoms with E-state index < -0.39 is 0 Å². The van der Waals surface area contributed by atoms with Gasteiger partial charge >= 0.3 is 0 Å². The van der Waals surface area contributed by atoms with Gasteiger partial charge in [-0.25, -0.2) is 0 Å². The molecule has 0 aromatic rings. The van der Waals surface area contributed by atoms with Gasteiger partial charge in [-0.05, 0) is 114 Å². The lowest BCUT2D eigenvalue weighted by Crippen LogP contribution is -2.48. The molecule has 188 valence electrons. The number of rotatable bonds is 12. The molecule has 3 unspecified atom stereocenters. The van der Waals surface area contributed by atoms with Gasteiger partial charge in [0.05, 0.1) is 0 Å². The van der Waals surface area contributed by atoms with Crippen molar-refractivity contribution in [3.63, 3.8) is 0 Å². The summed E-state index contributed by atoms with van der Waals surface area (Å²) in [4.78, 5) is 0. The predicted molar refractivity (Wildman–Crippen MR) is 150 cm³/mol. The molecule has 0 aromatic carbocycles. The molecule has 0 nitrogen and oxygen atoms in total. The Hall–Kier alpha value is -1.04. The van der Waals surface area contributed by atoms with Crippen molar-refractivity contribution >= 4 is 0 Å². The van der Waals surface area contributed by atoms with Crippen molar-refractivity contribution in [3.05, 3.63) is 46.6 Å². The van der Waals surface area contributed by atoms with Gasteiger partial charge in [-0.15, -0.1) is 0 Å². The van der Waals surface area contributed by atoms with Crippen molar-refractivity contribution < 1.29 is 0 Å². The highest BCUT2D eigenvalue weighted by molar-refractivity contribution is 5.19. The summed E-state index contributed by atoms with van der Waals surface area (Å²) >= 11 is 0. The van der Waals surface area contributed by atoms with E-state index in [0.29, 0.717) is 10.8 Å². The molecule has 0 heteroatoms. The third kappa shape index (κ3) is 7.73. The summed E-state index contributed by atoms with van der Waals surface area (Å²) in [5, 5.41) is 0. The molecule has 0 radical (unpaired) electrons. The lowest BCUT2D eigenvalue weighted by Gasteiger charge is -2.57. The van der Waals surface area contributed by atoms with Gasteiger partial charge < -0.3 is 0 Å². The zero-order chi connectivity index (χ0) is 24.5. The SMILES string of the molecule is CC/C(C)=C/CC/C(=C/CC/C(=C/CCC1C(C)=CCC2C(C)(C)CCCC12C)CC)CC. The molecule has 1 saturated carbocycles. The molecule has 2 rings (SSSR count). The minimum absolute atomic E-state index is 0.501. The zero-order valence-corrected chi connectivity index (χ0v) is 23.7. The second-order valence-corrected chi connectivity index (χ2v) is 12.1. The Morgan fingerprint density at radius 1 is 0.879 bits per heavy atom. The summed E-state index contributed by atoms with van der Waals surface area (Å²) in [5.41, 5.74) is 7.53. The standard InChI is InChI=1S/C33H56/c1-9-26(4)16-12-17-28(10-2)18-13-19-29(11-3)20-14-21-30-27(5)22-23-31-32(6,7)24-15-25-33(30,31)8/h16,18,20,22,30-31H,9-15,17,19,21,23-25H2,1-8H3/b26-16+,28-18+,29-20+. The first-order valence-corrected chi connectivity index (χ1v) is 14.4. The average Bonchev–Trinajstić information content (AvgIpc) is 2.77. The smallest absolute Gasteiger partial charge is 0.0146 e. The van der Waals surface area contributed by atoms with Gasteiger partial charge in [-0.1, -0.05) is 94.6 Å². The highest BCUT2D eigenvalue weighted by Gasteiger charge is 2.51. The fourth-order valence-corrected chi connectivity index (χ4v) is 7.11. The average molecular weight is 453 g/mol. The van der Waals surface area contributed by atoms with Crippen molar-refractivity contribution in [2.75, 3.05) is 0 Å². The number of allylic oxidation sites excluding steroid dienone is 8. The van der Waals surface area contributed by atoms with E-state index in [-0.39, 0.29) is 0 Å². The Morgan fingerprint density at radius 2 is 1.48 bits per heavy atom. The first-order valence-electron chi connectivity index (χ1n) is 14.4. The van der Waals surface area contributed by atoms with E-state index in [1.807, 2.05) is 0 Å². The Labute approximate surface area is 208 Å². The third-order valence-corrected chi connectivity index (χ3v) is 9.51. The molecule has 2 aliphatic carbocycles. The quantitative estimate of drug-likeness (QED) is 0.258. The number of hydrogen-bond donors (Lipinski definition) is 0. The maximum absolute atomic E-state index is 2.64. The number of hydrogen-bond acceptors (Lipinski definition) is 0. The van der Waals surface area contributed by atoms with Crippen LogP contribution in [0.2, 0.25) is 0 Å². The monoisotopic (exact) mass is 452 g/mol. The van der Waals surface area contributed by atoms with Crippen molar-refractivity contribution in [2.24, 2.45) is 22.7 Å². The van der Waals surface area contributed by atoms with Gasteiger partial charge in [0, 0.05) is 0 Å². The van der Waals surface area contributed by atoms with Gasteiger partial charge in [0.2, 0.25) is 0 Å². The van der Waals surface area contributed by atoms with Crippen LogP contribution in [0.1, 0.15) is 139 Å². The van der Waals surface area contributed by atoms with E-state index in [1.54, 1.807) is 16.7 Å². The molecule has 0 N–H and O–H groups in total. The Kier molecular flexibility index (Phi) is 11.2. The molecule has 0 amide bonds. The van der Waals surface area contributed by atoms with E-state index in [9.17, 15) is 0 Å². The molecule has 0 heterocycles. The normalized spacial score (nSPS) is 28.5. The summed E-state index contributed by atoms with van der Waals surface area (Å²) in [5.74, 6) is 1.63. The fraction of sp³-hybridized carbons (Fsp3) is 0.758. The summed E-state index contributed by atoms with van der Waals surface area (Å²) < 4.78 is 0. The minimum Gasteiger partial charge on any atom is -0.0853 e. The lowest BCUT2D eigenvalue weighted by molar-refractivity contribution is -0.0388. The summed E-state index contributed by atoms with van der Waals surface area (Å²) in [6, 6.07) is 0. The van der Waals surface area contributed by atoms with Gasteiger partial charge in [-0.2, -0.15) is 0 Å². The van der Waals surface area contributed by atoms with Crippen LogP contribution < -0.4 is 0 Å². The van der Waals surface area contributed by atoms with Crippen LogP contribution in [0, 0.1) is 22.7 Å². The second-order valence-electron chi connectivity index (χ2n) is 12.1. The van der Waals surface area contributed by atoms with E-state index in [2.05, 4.69) is 79.7 Å². The summed E-state index contributed by atoms with van der Waals surface area (Å²) in [6.45, 7) is 19.3. The molecule has 3 atom stereocenters. The highest BCUT2D eigenvalue weighted by atomic mass is 14.6. The number of fused-ring (bicyclic) bond motifs is 1. The van der Waals surface area contributed by atoms with Crippen LogP contribution in [0.25, 0.3) is 0 Å². The van der Waals surface area contributed by atoms with Crippen LogP contribution in [0.5, 0.6) is 0 Å². The van der Waals surface area contributed by atoms with Crippen molar-refractivity contribution in [3.8, 4) is 0 Å². The first kappa shape index (κ1) is 28.2. The van der Waals surface area contributed by atoms with E-state index in [1.165, 1.54) is 89.0 Å². The molecular formula is C33H56. The van der Waals surface area contributed by atoms with E-state index in [4.69, 9.17) is 0 Å². The van der Waals surface area contributed by atoms with E-state index in [0.717, 1.165) is 11.8 Å². The molecule has 0 bridgehead atoms. The topological polar surface area (TPSA) is 0 Å². The second kappa shape index (κ2) is 13.2. The molecule has 2 aliphatic rings. The van der Waals surface area contributed by atoms with Crippen molar-refractivity contribution in [2.45, 2.75) is 139 Å². The molecule has 33 heavy (non-hydrogen) atoms. The van der Waals surface area contributed by atoms with Crippen LogP contribution in [0.3, 0.4) is 0 Å². The van der Waals surface area contributed by atoms with E-state index >= 15 is 0 Å². The van der Waals surface area contributed by atoms with Crippen LogP contribution in [-0.2, 0) is 0 Å². The van der Waals surface area contributed by atoms with Gasteiger partial charge in [0.1, 0.15) is 0 Å². The molecule has 1 fully saturated rings. The minimum atomic E-state index is 0.501. The maximum Gasteiger partial charge on any atom is -0.0146 e. The largest absolute Gasteiger partial charge is 0.0853 e. The van der Waals surface area contributed by atoms with Gasteiger partial charge in [-0.3, -0.25) is 0 Å². The first-order chi connectivity index (χ1) is 15.7. The van der Waals surface area contributed by atoms with Crippen LogP contribution in [0.4, 0.5) is 0 Å². The van der Waals surface area contributed by atoms with Gasteiger partial charge in [0.25, 0.3) is 0 Å². The van der Waals surface area contributed by atoms with Crippen molar-refractivity contribution in [1.82, 2.24) is 0 Å². The molecule has 0 saturated heterocycles. The Morgan fingerprint density at radius 3 is 2.09 bits per heavy atom. The molecule has 0 spiro atoms. The molecule has 0 aromatic heterocycles. The highest BCUT2D eigenvalue weighted by Crippen LogP contribution is 2.60. The van der Waals surface area contributed by atoms with Gasteiger partial charge in [0.15, 0.2) is 0 Å². The van der Waals surface area contributed by atoms with Crippen LogP contribution >= 0.6 is 0 Å². The predicted octanol–water partition coefficient (Wildman–Crippen LogP) is 11.2. The molecular weight excluding hydrogens is 396 g/mol.